The van der Waals surface area contributed by atoms with Crippen molar-refractivity contribution < 1.29 is 4.79 Å². The zero-order valence-electron chi connectivity index (χ0n) is 17.7. The fourth-order valence-corrected chi connectivity index (χ4v) is 4.01. The first kappa shape index (κ1) is 20.3. The summed E-state index contributed by atoms with van der Waals surface area (Å²) in [7, 11) is 0. The van der Waals surface area contributed by atoms with Gasteiger partial charge in [0.2, 0.25) is 5.91 Å². The maximum atomic E-state index is 12.1. The number of nitrogens with zero attached hydrogens (tertiary/aromatic N) is 5. The molecule has 1 aliphatic rings. The van der Waals surface area contributed by atoms with E-state index in [2.05, 4.69) is 52.6 Å². The Morgan fingerprint density at radius 3 is 2.63 bits per heavy atom. The summed E-state index contributed by atoms with van der Waals surface area (Å²) in [5.74, 6) is 1.21. The van der Waals surface area contributed by atoms with Gasteiger partial charge in [-0.3, -0.25) is 9.69 Å². The van der Waals surface area contributed by atoms with Gasteiger partial charge in [-0.2, -0.15) is 10.2 Å². The Morgan fingerprint density at radius 2 is 1.90 bits per heavy atom. The maximum Gasteiger partial charge on any atom is 0.225 e. The number of hydrogen-bond donors (Lipinski definition) is 1. The standard InChI is InChI=1S/C23H30N6O/c1-18(2)14-23(30)26-22-8-11-24-29(22)21-9-12-27(13-10-21)16-19-15-25-28(17-19)20-6-4-3-5-7-20/h3-8,11,15,17-18,21H,9-10,12-14,16H2,1-2H3,(H,26,30). The SMILES string of the molecule is CC(C)CC(=O)Nc1ccnn1C1CCN(Cc2cnn(-c3ccccc3)c2)CC1. The summed E-state index contributed by atoms with van der Waals surface area (Å²) in [4.78, 5) is 14.6. The zero-order valence-corrected chi connectivity index (χ0v) is 17.7. The van der Waals surface area contributed by atoms with Gasteiger partial charge in [0.1, 0.15) is 5.82 Å². The molecule has 1 amide bonds. The molecule has 0 unspecified atom stereocenters. The number of piperidine rings is 1. The van der Waals surface area contributed by atoms with E-state index in [1.54, 1.807) is 6.20 Å². The molecule has 0 radical (unpaired) electrons. The van der Waals surface area contributed by atoms with Gasteiger partial charge in [0.15, 0.2) is 0 Å². The number of likely N-dealkylation sites (tertiary alicyclic amines) is 1. The van der Waals surface area contributed by atoms with Gasteiger partial charge in [0, 0.05) is 43.9 Å². The molecule has 1 aromatic carbocycles. The molecule has 7 heteroatoms. The molecule has 158 valence electrons. The highest BCUT2D eigenvalue weighted by molar-refractivity contribution is 5.89. The summed E-state index contributed by atoms with van der Waals surface area (Å²) in [5, 5.41) is 12.0. The molecule has 30 heavy (non-hydrogen) atoms. The van der Waals surface area contributed by atoms with E-state index in [0.29, 0.717) is 18.4 Å². The van der Waals surface area contributed by atoms with Gasteiger partial charge in [0.05, 0.1) is 24.1 Å². The lowest BCUT2D eigenvalue weighted by atomic mass is 10.0. The largest absolute Gasteiger partial charge is 0.311 e. The Morgan fingerprint density at radius 1 is 1.13 bits per heavy atom. The number of carbonyl (C=O) groups is 1. The van der Waals surface area contributed by atoms with Gasteiger partial charge in [0.25, 0.3) is 0 Å². The van der Waals surface area contributed by atoms with E-state index in [4.69, 9.17) is 0 Å². The van der Waals surface area contributed by atoms with E-state index < -0.39 is 0 Å². The Kier molecular flexibility index (Phi) is 6.28. The fourth-order valence-electron chi connectivity index (χ4n) is 4.01. The predicted octanol–water partition coefficient (Wildman–Crippen LogP) is 3.89. The van der Waals surface area contributed by atoms with Gasteiger partial charge in [-0.25, -0.2) is 9.36 Å². The Hall–Kier alpha value is -2.93. The van der Waals surface area contributed by atoms with E-state index in [0.717, 1.165) is 44.0 Å². The molecule has 4 rings (SSSR count). The Bertz CT molecular complexity index is 953. The predicted molar refractivity (Wildman–Crippen MR) is 117 cm³/mol. The molecule has 0 saturated carbocycles. The van der Waals surface area contributed by atoms with E-state index in [1.807, 2.05) is 39.8 Å². The number of amides is 1. The van der Waals surface area contributed by atoms with Crippen LogP contribution < -0.4 is 5.32 Å². The molecule has 3 aromatic rings. The lowest BCUT2D eigenvalue weighted by molar-refractivity contribution is -0.116. The Labute approximate surface area is 177 Å². The molecule has 0 aliphatic carbocycles. The second-order valence-electron chi connectivity index (χ2n) is 8.44. The molecule has 3 heterocycles. The first-order valence-electron chi connectivity index (χ1n) is 10.7. The number of aromatic nitrogens is 4. The number of anilines is 1. The molecule has 1 fully saturated rings. The van der Waals surface area contributed by atoms with Crippen LogP contribution in [0.5, 0.6) is 0 Å². The van der Waals surface area contributed by atoms with Crippen LogP contribution in [0, 0.1) is 5.92 Å². The second kappa shape index (κ2) is 9.26. The molecule has 0 atom stereocenters. The van der Waals surface area contributed by atoms with E-state index in [-0.39, 0.29) is 5.91 Å². The monoisotopic (exact) mass is 406 g/mol. The third kappa shape index (κ3) is 4.97. The lowest BCUT2D eigenvalue weighted by Gasteiger charge is -2.32. The zero-order chi connectivity index (χ0) is 20.9. The highest BCUT2D eigenvalue weighted by Crippen LogP contribution is 2.26. The molecule has 0 spiro atoms. The van der Waals surface area contributed by atoms with Crippen LogP contribution in [0.1, 0.15) is 44.7 Å². The van der Waals surface area contributed by atoms with E-state index in [9.17, 15) is 4.79 Å². The fraction of sp³-hybridized carbons (Fsp3) is 0.435. The van der Waals surface area contributed by atoms with Crippen LogP contribution in [0.15, 0.2) is 55.0 Å². The molecular weight excluding hydrogens is 376 g/mol. The number of carbonyl (C=O) groups excluding carboxylic acids is 1. The number of hydrogen-bond acceptors (Lipinski definition) is 4. The van der Waals surface area contributed by atoms with Crippen LogP contribution >= 0.6 is 0 Å². The first-order valence-corrected chi connectivity index (χ1v) is 10.7. The van der Waals surface area contributed by atoms with Crippen molar-refractivity contribution in [3.8, 4) is 5.69 Å². The number of para-hydroxylation sites is 1. The molecule has 0 bridgehead atoms. The first-order chi connectivity index (χ1) is 14.6. The van der Waals surface area contributed by atoms with Crippen molar-refractivity contribution in [1.29, 1.82) is 0 Å². The van der Waals surface area contributed by atoms with Crippen LogP contribution in [0.4, 0.5) is 5.82 Å². The minimum atomic E-state index is 0.0552. The molecule has 1 saturated heterocycles. The van der Waals surface area contributed by atoms with Gasteiger partial charge in [-0.15, -0.1) is 0 Å². The van der Waals surface area contributed by atoms with Crippen LogP contribution in [0.3, 0.4) is 0 Å². The second-order valence-corrected chi connectivity index (χ2v) is 8.44. The minimum absolute atomic E-state index is 0.0552. The van der Waals surface area contributed by atoms with Crippen molar-refractivity contribution in [3.63, 3.8) is 0 Å². The molecule has 1 N–H and O–H groups in total. The third-order valence-electron chi connectivity index (χ3n) is 5.50. The van der Waals surface area contributed by atoms with E-state index in [1.165, 1.54) is 5.56 Å². The molecule has 2 aromatic heterocycles. The average molecular weight is 407 g/mol. The quantitative estimate of drug-likeness (QED) is 0.646. The summed E-state index contributed by atoms with van der Waals surface area (Å²) in [6.45, 7) is 7.00. The van der Waals surface area contributed by atoms with Crippen LogP contribution in [-0.4, -0.2) is 43.5 Å². The average Bonchev–Trinajstić information content (AvgIpc) is 3.38. The summed E-state index contributed by atoms with van der Waals surface area (Å²) < 4.78 is 3.92. The maximum absolute atomic E-state index is 12.1. The molecular formula is C23H30N6O. The van der Waals surface area contributed by atoms with Crippen molar-refractivity contribution in [2.75, 3.05) is 18.4 Å². The highest BCUT2D eigenvalue weighted by atomic mass is 16.1. The van der Waals surface area contributed by atoms with Gasteiger partial charge >= 0.3 is 0 Å². The third-order valence-corrected chi connectivity index (χ3v) is 5.50. The highest BCUT2D eigenvalue weighted by Gasteiger charge is 2.23. The van der Waals surface area contributed by atoms with Gasteiger partial charge in [-0.05, 0) is 30.9 Å². The van der Waals surface area contributed by atoms with Crippen molar-refractivity contribution in [2.45, 2.75) is 45.7 Å². The van der Waals surface area contributed by atoms with Crippen molar-refractivity contribution in [1.82, 2.24) is 24.5 Å². The molecule has 1 aliphatic heterocycles. The van der Waals surface area contributed by atoms with Crippen LogP contribution in [0.2, 0.25) is 0 Å². The van der Waals surface area contributed by atoms with Crippen molar-refractivity contribution >= 4 is 11.7 Å². The normalized spacial score (nSPS) is 15.6. The summed E-state index contributed by atoms with van der Waals surface area (Å²) in [5.41, 5.74) is 2.30. The van der Waals surface area contributed by atoms with Gasteiger partial charge < -0.3 is 5.32 Å². The Balaban J connectivity index is 1.31. The van der Waals surface area contributed by atoms with Crippen molar-refractivity contribution in [2.24, 2.45) is 5.92 Å². The summed E-state index contributed by atoms with van der Waals surface area (Å²) in [6, 6.07) is 12.4. The minimum Gasteiger partial charge on any atom is -0.311 e. The van der Waals surface area contributed by atoms with Crippen LogP contribution in [-0.2, 0) is 11.3 Å². The van der Waals surface area contributed by atoms with E-state index >= 15 is 0 Å². The number of benzene rings is 1. The lowest BCUT2D eigenvalue weighted by Crippen LogP contribution is -2.35. The van der Waals surface area contributed by atoms with Gasteiger partial charge in [-0.1, -0.05) is 32.0 Å². The molecule has 7 nitrogen and oxygen atoms in total. The smallest absolute Gasteiger partial charge is 0.225 e. The summed E-state index contributed by atoms with van der Waals surface area (Å²) >= 11 is 0. The number of rotatable bonds is 7. The van der Waals surface area contributed by atoms with Crippen LogP contribution in [0.25, 0.3) is 5.69 Å². The summed E-state index contributed by atoms with van der Waals surface area (Å²) in [6.07, 6.45) is 8.39. The topological polar surface area (TPSA) is 68.0 Å². The van der Waals surface area contributed by atoms with Crippen molar-refractivity contribution in [3.05, 3.63) is 60.6 Å². The number of nitrogens with one attached hydrogen (secondary N) is 1.